The number of ether oxygens (including phenoxy) is 1. The van der Waals surface area contributed by atoms with Gasteiger partial charge in [0.1, 0.15) is 13.2 Å². The smallest absolute Gasteiger partial charge is 0.326 e. The number of aryl methyl sites for hydroxylation is 1. The van der Waals surface area contributed by atoms with Crippen LogP contribution in [0.5, 0.6) is 0 Å². The summed E-state index contributed by atoms with van der Waals surface area (Å²) in [5.41, 5.74) is 1.08. The lowest BCUT2D eigenvalue weighted by Gasteiger charge is -2.11. The van der Waals surface area contributed by atoms with Crippen LogP contribution in [0.25, 0.3) is 0 Å². The van der Waals surface area contributed by atoms with Crippen LogP contribution in [0.15, 0.2) is 47.3 Å². The molecule has 0 saturated carbocycles. The van der Waals surface area contributed by atoms with Gasteiger partial charge in [-0.15, -0.1) is 0 Å². The lowest BCUT2D eigenvalue weighted by Crippen LogP contribution is -2.30. The standard InChI is InChI=1S/C17H17NO4/c1-12-8-9-15(13(2)19)17(21)18(12)10-16(20)22-11-14-6-4-3-5-7-14/h3-9H,10-11H2,1-2H3. The number of carbonyl (C=O) groups is 2. The summed E-state index contributed by atoms with van der Waals surface area (Å²) in [6.45, 7) is 2.97. The Labute approximate surface area is 128 Å². The van der Waals surface area contributed by atoms with Crippen molar-refractivity contribution >= 4 is 11.8 Å². The van der Waals surface area contributed by atoms with E-state index in [0.717, 1.165) is 5.56 Å². The topological polar surface area (TPSA) is 65.4 Å². The maximum Gasteiger partial charge on any atom is 0.326 e. The molecule has 0 aliphatic rings. The molecule has 0 aliphatic heterocycles. The Morgan fingerprint density at radius 2 is 1.77 bits per heavy atom. The highest BCUT2D eigenvalue weighted by molar-refractivity contribution is 5.93. The first kappa shape index (κ1) is 15.7. The molecular formula is C17H17NO4. The van der Waals surface area contributed by atoms with Gasteiger partial charge in [0.2, 0.25) is 0 Å². The molecule has 114 valence electrons. The molecule has 1 aromatic heterocycles. The fourth-order valence-corrected chi connectivity index (χ4v) is 2.05. The van der Waals surface area contributed by atoms with Crippen molar-refractivity contribution in [2.75, 3.05) is 0 Å². The van der Waals surface area contributed by atoms with E-state index >= 15 is 0 Å². The monoisotopic (exact) mass is 299 g/mol. The van der Waals surface area contributed by atoms with Gasteiger partial charge in [-0.05, 0) is 31.5 Å². The lowest BCUT2D eigenvalue weighted by molar-refractivity contribution is -0.145. The van der Waals surface area contributed by atoms with Gasteiger partial charge in [-0.2, -0.15) is 0 Å². The first-order valence-corrected chi connectivity index (χ1v) is 6.90. The molecule has 2 aromatic rings. The number of benzene rings is 1. The number of ketones is 1. The van der Waals surface area contributed by atoms with Gasteiger partial charge in [-0.1, -0.05) is 30.3 Å². The molecule has 22 heavy (non-hydrogen) atoms. The Bertz CT molecular complexity index is 747. The van der Waals surface area contributed by atoms with Gasteiger partial charge < -0.3 is 9.30 Å². The number of Topliss-reactive ketones (excluding diaryl/α,β-unsaturated/α-hetero) is 1. The molecule has 0 radical (unpaired) electrons. The first-order chi connectivity index (χ1) is 10.5. The van der Waals surface area contributed by atoms with E-state index < -0.39 is 11.5 Å². The molecule has 0 atom stereocenters. The molecule has 0 aliphatic carbocycles. The van der Waals surface area contributed by atoms with Crippen molar-refractivity contribution in [3.8, 4) is 0 Å². The zero-order valence-electron chi connectivity index (χ0n) is 12.5. The highest BCUT2D eigenvalue weighted by Crippen LogP contribution is 2.03. The summed E-state index contributed by atoms with van der Waals surface area (Å²) in [4.78, 5) is 35.5. The molecule has 0 spiro atoms. The van der Waals surface area contributed by atoms with Crippen molar-refractivity contribution in [3.05, 3.63) is 69.6 Å². The minimum atomic E-state index is -0.519. The van der Waals surface area contributed by atoms with E-state index in [1.54, 1.807) is 13.0 Å². The Kier molecular flexibility index (Phi) is 4.88. The minimum absolute atomic E-state index is 0.0708. The van der Waals surface area contributed by atoms with Gasteiger partial charge in [0.25, 0.3) is 5.56 Å². The van der Waals surface area contributed by atoms with E-state index in [4.69, 9.17) is 4.74 Å². The number of pyridine rings is 1. The normalized spacial score (nSPS) is 10.3. The molecule has 1 heterocycles. The van der Waals surface area contributed by atoms with Crippen molar-refractivity contribution in [1.29, 1.82) is 0 Å². The number of esters is 1. The number of rotatable bonds is 5. The van der Waals surface area contributed by atoms with E-state index in [9.17, 15) is 14.4 Å². The minimum Gasteiger partial charge on any atom is -0.459 e. The summed E-state index contributed by atoms with van der Waals surface area (Å²) in [6, 6.07) is 12.4. The number of hydrogen-bond donors (Lipinski definition) is 0. The molecule has 0 saturated heterocycles. The second kappa shape index (κ2) is 6.85. The van der Waals surface area contributed by atoms with Crippen LogP contribution in [0.1, 0.15) is 28.5 Å². The zero-order chi connectivity index (χ0) is 16.1. The molecule has 0 fully saturated rings. The van der Waals surface area contributed by atoms with E-state index in [0.29, 0.717) is 5.69 Å². The van der Waals surface area contributed by atoms with Crippen LogP contribution in [-0.2, 0) is 22.7 Å². The summed E-state index contributed by atoms with van der Waals surface area (Å²) in [5.74, 6) is -0.842. The van der Waals surface area contributed by atoms with Gasteiger partial charge in [-0.3, -0.25) is 14.4 Å². The number of hydrogen-bond acceptors (Lipinski definition) is 4. The largest absolute Gasteiger partial charge is 0.459 e. The molecule has 0 amide bonds. The van der Waals surface area contributed by atoms with Crippen LogP contribution in [0.2, 0.25) is 0 Å². The number of nitrogens with zero attached hydrogens (tertiary/aromatic N) is 1. The van der Waals surface area contributed by atoms with Gasteiger partial charge in [-0.25, -0.2) is 0 Å². The third-order valence-electron chi connectivity index (χ3n) is 3.30. The maximum absolute atomic E-state index is 12.2. The van der Waals surface area contributed by atoms with Crippen LogP contribution in [0.3, 0.4) is 0 Å². The Hall–Kier alpha value is -2.69. The fourth-order valence-electron chi connectivity index (χ4n) is 2.05. The van der Waals surface area contributed by atoms with Gasteiger partial charge in [0.15, 0.2) is 5.78 Å². The summed E-state index contributed by atoms with van der Waals surface area (Å²) >= 11 is 0. The summed E-state index contributed by atoms with van der Waals surface area (Å²) in [6.07, 6.45) is 0. The van der Waals surface area contributed by atoms with Crippen molar-refractivity contribution in [2.24, 2.45) is 0 Å². The van der Waals surface area contributed by atoms with E-state index in [1.165, 1.54) is 17.6 Å². The predicted octanol–water partition coefficient (Wildman–Crippen LogP) is 2.10. The Morgan fingerprint density at radius 1 is 1.09 bits per heavy atom. The molecule has 0 unspecified atom stereocenters. The average molecular weight is 299 g/mol. The third kappa shape index (κ3) is 3.69. The van der Waals surface area contributed by atoms with Gasteiger partial charge in [0.05, 0.1) is 5.56 Å². The van der Waals surface area contributed by atoms with Crippen LogP contribution in [-0.4, -0.2) is 16.3 Å². The summed E-state index contributed by atoms with van der Waals surface area (Å²) in [7, 11) is 0. The quantitative estimate of drug-likeness (QED) is 0.626. The molecule has 5 heteroatoms. The Morgan fingerprint density at radius 3 is 2.41 bits per heavy atom. The average Bonchev–Trinajstić information content (AvgIpc) is 2.50. The highest BCUT2D eigenvalue weighted by Gasteiger charge is 2.13. The van der Waals surface area contributed by atoms with Crippen molar-refractivity contribution < 1.29 is 14.3 Å². The van der Waals surface area contributed by atoms with Crippen LogP contribution in [0, 0.1) is 6.92 Å². The van der Waals surface area contributed by atoms with E-state index in [1.807, 2.05) is 30.3 Å². The zero-order valence-corrected chi connectivity index (χ0v) is 12.5. The number of aromatic nitrogens is 1. The second-order valence-corrected chi connectivity index (χ2v) is 4.98. The van der Waals surface area contributed by atoms with E-state index in [-0.39, 0.29) is 24.5 Å². The van der Waals surface area contributed by atoms with Crippen molar-refractivity contribution in [1.82, 2.24) is 4.57 Å². The number of carbonyl (C=O) groups excluding carboxylic acids is 2. The fraction of sp³-hybridized carbons (Fsp3) is 0.235. The second-order valence-electron chi connectivity index (χ2n) is 4.98. The van der Waals surface area contributed by atoms with Crippen molar-refractivity contribution in [2.45, 2.75) is 27.0 Å². The SMILES string of the molecule is CC(=O)c1ccc(C)n(CC(=O)OCc2ccccc2)c1=O. The van der Waals surface area contributed by atoms with Crippen molar-refractivity contribution in [3.63, 3.8) is 0 Å². The molecule has 0 bridgehead atoms. The summed E-state index contributed by atoms with van der Waals surface area (Å²) < 4.78 is 6.41. The van der Waals surface area contributed by atoms with Gasteiger partial charge in [0, 0.05) is 5.69 Å². The Balaban J connectivity index is 2.10. The summed E-state index contributed by atoms with van der Waals surface area (Å²) in [5, 5.41) is 0. The highest BCUT2D eigenvalue weighted by atomic mass is 16.5. The molecule has 1 aromatic carbocycles. The predicted molar refractivity (Wildman–Crippen MR) is 81.7 cm³/mol. The van der Waals surface area contributed by atoms with E-state index in [2.05, 4.69) is 0 Å². The van der Waals surface area contributed by atoms with Crippen LogP contribution in [0.4, 0.5) is 0 Å². The lowest BCUT2D eigenvalue weighted by atomic mass is 10.2. The third-order valence-corrected chi connectivity index (χ3v) is 3.30. The maximum atomic E-state index is 12.2. The van der Waals surface area contributed by atoms with Crippen LogP contribution < -0.4 is 5.56 Å². The van der Waals surface area contributed by atoms with Crippen LogP contribution >= 0.6 is 0 Å². The van der Waals surface area contributed by atoms with Gasteiger partial charge >= 0.3 is 5.97 Å². The first-order valence-electron chi connectivity index (χ1n) is 6.90. The molecule has 0 N–H and O–H groups in total. The molecule has 5 nitrogen and oxygen atoms in total. The molecular weight excluding hydrogens is 282 g/mol. The molecule has 2 rings (SSSR count).